The lowest BCUT2D eigenvalue weighted by molar-refractivity contribution is 0.0718. The van der Waals surface area contributed by atoms with E-state index in [0.717, 1.165) is 51.9 Å². The number of likely N-dealkylation sites (tertiary alicyclic amines) is 1. The Hall–Kier alpha value is -1.69. The summed E-state index contributed by atoms with van der Waals surface area (Å²) in [5.74, 6) is 1.35. The first-order valence-electron chi connectivity index (χ1n) is 8.23. The topological polar surface area (TPSA) is 67.4 Å². The molecule has 120 valence electrons. The van der Waals surface area contributed by atoms with E-state index in [2.05, 4.69) is 15.3 Å². The zero-order chi connectivity index (χ0) is 15.4. The van der Waals surface area contributed by atoms with Crippen LogP contribution >= 0.6 is 0 Å². The Kier molecular flexibility index (Phi) is 4.87. The smallest absolute Gasteiger partial charge is 0.272 e. The van der Waals surface area contributed by atoms with E-state index >= 15 is 0 Å². The third-order valence-electron chi connectivity index (χ3n) is 4.24. The number of amides is 1. The maximum absolute atomic E-state index is 12.5. The van der Waals surface area contributed by atoms with Gasteiger partial charge in [0, 0.05) is 32.3 Å². The average molecular weight is 304 g/mol. The molecule has 6 nitrogen and oxygen atoms in total. The lowest BCUT2D eigenvalue weighted by Crippen LogP contribution is -2.36. The van der Waals surface area contributed by atoms with Crippen LogP contribution in [-0.4, -0.2) is 53.1 Å². The van der Waals surface area contributed by atoms with Gasteiger partial charge in [-0.2, -0.15) is 0 Å². The Morgan fingerprint density at radius 2 is 2.14 bits per heavy atom. The zero-order valence-electron chi connectivity index (χ0n) is 13.2. The second-order valence-corrected chi connectivity index (χ2v) is 6.05. The molecule has 1 amide bonds. The van der Waals surface area contributed by atoms with Gasteiger partial charge in [-0.15, -0.1) is 0 Å². The Labute approximate surface area is 131 Å². The van der Waals surface area contributed by atoms with E-state index in [0.29, 0.717) is 17.3 Å². The number of aromatic nitrogens is 2. The molecule has 6 heteroatoms. The Morgan fingerprint density at radius 1 is 1.32 bits per heavy atom. The van der Waals surface area contributed by atoms with Crippen molar-refractivity contribution in [3.8, 4) is 0 Å². The molecule has 0 radical (unpaired) electrons. The van der Waals surface area contributed by atoms with Crippen LogP contribution in [0.25, 0.3) is 0 Å². The van der Waals surface area contributed by atoms with Gasteiger partial charge in [0.15, 0.2) is 0 Å². The highest BCUT2D eigenvalue weighted by molar-refractivity contribution is 5.93. The summed E-state index contributed by atoms with van der Waals surface area (Å²) in [5.41, 5.74) is 0.490. The fourth-order valence-electron chi connectivity index (χ4n) is 3.05. The van der Waals surface area contributed by atoms with Crippen LogP contribution in [0.2, 0.25) is 0 Å². The highest BCUT2D eigenvalue weighted by atomic mass is 16.5. The first-order chi connectivity index (χ1) is 10.7. The van der Waals surface area contributed by atoms with Crippen LogP contribution in [0.5, 0.6) is 0 Å². The van der Waals surface area contributed by atoms with Crippen molar-refractivity contribution in [2.45, 2.75) is 45.1 Å². The number of aryl methyl sites for hydroxylation is 1. The molecule has 22 heavy (non-hydrogen) atoms. The van der Waals surface area contributed by atoms with Crippen molar-refractivity contribution in [1.29, 1.82) is 0 Å². The maximum atomic E-state index is 12.5. The number of nitrogens with zero attached hydrogens (tertiary/aromatic N) is 3. The monoisotopic (exact) mass is 304 g/mol. The molecule has 0 bridgehead atoms. The van der Waals surface area contributed by atoms with E-state index in [9.17, 15) is 4.79 Å². The standard InChI is InChI=1S/C16H24N4O2/c1-12-18-14(16(21)20-7-3-2-4-8-20)10-15(19-12)17-11-13-6-5-9-22-13/h10,13H,2-9,11H2,1H3,(H,17,18,19). The molecule has 2 aliphatic heterocycles. The fourth-order valence-corrected chi connectivity index (χ4v) is 3.05. The van der Waals surface area contributed by atoms with Gasteiger partial charge in [-0.05, 0) is 39.0 Å². The van der Waals surface area contributed by atoms with Crippen molar-refractivity contribution in [3.63, 3.8) is 0 Å². The van der Waals surface area contributed by atoms with Crippen molar-refractivity contribution in [3.05, 3.63) is 17.6 Å². The summed E-state index contributed by atoms with van der Waals surface area (Å²) in [6.07, 6.45) is 5.82. The van der Waals surface area contributed by atoms with E-state index in [4.69, 9.17) is 4.74 Å². The Bertz CT molecular complexity index is 523. The third-order valence-corrected chi connectivity index (χ3v) is 4.24. The van der Waals surface area contributed by atoms with Crippen LogP contribution < -0.4 is 5.32 Å². The molecular formula is C16H24N4O2. The molecule has 0 aliphatic carbocycles. The first-order valence-corrected chi connectivity index (χ1v) is 8.23. The summed E-state index contributed by atoms with van der Waals surface area (Å²) in [5, 5.41) is 3.28. The van der Waals surface area contributed by atoms with Crippen LogP contribution in [0.3, 0.4) is 0 Å². The number of hydrogen-bond acceptors (Lipinski definition) is 5. The zero-order valence-corrected chi connectivity index (χ0v) is 13.2. The molecule has 1 aromatic rings. The van der Waals surface area contributed by atoms with Gasteiger partial charge in [-0.1, -0.05) is 0 Å². The SMILES string of the molecule is Cc1nc(NCC2CCCO2)cc(C(=O)N2CCCCC2)n1. The molecule has 1 N–H and O–H groups in total. The number of carbonyl (C=O) groups excluding carboxylic acids is 1. The van der Waals surface area contributed by atoms with Gasteiger partial charge in [0.2, 0.25) is 0 Å². The van der Waals surface area contributed by atoms with Crippen LogP contribution in [-0.2, 0) is 4.74 Å². The number of ether oxygens (including phenoxy) is 1. The molecule has 3 heterocycles. The summed E-state index contributed by atoms with van der Waals surface area (Å²) in [6, 6.07) is 1.76. The lowest BCUT2D eigenvalue weighted by atomic mass is 10.1. The molecule has 0 spiro atoms. The van der Waals surface area contributed by atoms with Gasteiger partial charge >= 0.3 is 0 Å². The molecule has 0 saturated carbocycles. The predicted molar refractivity (Wildman–Crippen MR) is 84.0 cm³/mol. The molecule has 2 aliphatic rings. The van der Waals surface area contributed by atoms with Crippen molar-refractivity contribution in [2.75, 3.05) is 31.6 Å². The number of hydrogen-bond donors (Lipinski definition) is 1. The van der Waals surface area contributed by atoms with Gasteiger partial charge in [-0.3, -0.25) is 4.79 Å². The van der Waals surface area contributed by atoms with E-state index < -0.39 is 0 Å². The molecule has 1 atom stereocenters. The molecule has 2 saturated heterocycles. The minimum atomic E-state index is 0.0189. The summed E-state index contributed by atoms with van der Waals surface area (Å²) in [6.45, 7) is 5.06. The molecular weight excluding hydrogens is 280 g/mol. The van der Waals surface area contributed by atoms with Gasteiger partial charge in [0.25, 0.3) is 5.91 Å². The van der Waals surface area contributed by atoms with Crippen LogP contribution in [0.1, 0.15) is 48.4 Å². The maximum Gasteiger partial charge on any atom is 0.272 e. The predicted octanol–water partition coefficient (Wildman–Crippen LogP) is 2.00. The average Bonchev–Trinajstić information content (AvgIpc) is 3.06. The lowest BCUT2D eigenvalue weighted by Gasteiger charge is -2.26. The summed E-state index contributed by atoms with van der Waals surface area (Å²) < 4.78 is 5.60. The van der Waals surface area contributed by atoms with Crippen molar-refractivity contribution in [2.24, 2.45) is 0 Å². The second kappa shape index (κ2) is 7.05. The molecule has 2 fully saturated rings. The molecule has 3 rings (SSSR count). The summed E-state index contributed by atoms with van der Waals surface area (Å²) in [7, 11) is 0. The number of nitrogens with one attached hydrogen (secondary N) is 1. The van der Waals surface area contributed by atoms with Crippen LogP contribution in [0, 0.1) is 6.92 Å². The minimum absolute atomic E-state index is 0.0189. The quantitative estimate of drug-likeness (QED) is 0.921. The minimum Gasteiger partial charge on any atom is -0.376 e. The van der Waals surface area contributed by atoms with Gasteiger partial charge in [-0.25, -0.2) is 9.97 Å². The Morgan fingerprint density at radius 3 is 2.86 bits per heavy atom. The first kappa shape index (κ1) is 15.2. The van der Waals surface area contributed by atoms with E-state index in [1.54, 1.807) is 6.07 Å². The molecule has 1 aromatic heterocycles. The number of carbonyl (C=O) groups is 1. The normalized spacial score (nSPS) is 21.9. The molecule has 0 aromatic carbocycles. The van der Waals surface area contributed by atoms with Crippen LogP contribution in [0.4, 0.5) is 5.82 Å². The largest absolute Gasteiger partial charge is 0.376 e. The van der Waals surface area contributed by atoms with Crippen molar-refractivity contribution < 1.29 is 9.53 Å². The van der Waals surface area contributed by atoms with Crippen LogP contribution in [0.15, 0.2) is 6.07 Å². The van der Waals surface area contributed by atoms with Gasteiger partial charge in [0.1, 0.15) is 17.3 Å². The van der Waals surface area contributed by atoms with Crippen molar-refractivity contribution in [1.82, 2.24) is 14.9 Å². The second-order valence-electron chi connectivity index (χ2n) is 6.05. The van der Waals surface area contributed by atoms with Crippen molar-refractivity contribution >= 4 is 11.7 Å². The summed E-state index contributed by atoms with van der Waals surface area (Å²) in [4.78, 5) is 23.1. The number of anilines is 1. The van der Waals surface area contributed by atoms with E-state index in [1.165, 1.54) is 6.42 Å². The van der Waals surface area contributed by atoms with E-state index in [-0.39, 0.29) is 12.0 Å². The fraction of sp³-hybridized carbons (Fsp3) is 0.688. The molecule has 1 unspecified atom stereocenters. The number of rotatable bonds is 4. The van der Waals surface area contributed by atoms with Gasteiger partial charge < -0.3 is 15.0 Å². The summed E-state index contributed by atoms with van der Waals surface area (Å²) >= 11 is 0. The third kappa shape index (κ3) is 3.74. The number of piperidine rings is 1. The van der Waals surface area contributed by atoms with E-state index in [1.807, 2.05) is 11.8 Å². The highest BCUT2D eigenvalue weighted by Crippen LogP contribution is 2.16. The van der Waals surface area contributed by atoms with Gasteiger partial charge in [0.05, 0.1) is 6.10 Å². The highest BCUT2D eigenvalue weighted by Gasteiger charge is 2.21. The Balaban J connectivity index is 1.67.